The van der Waals surface area contributed by atoms with Crippen LogP contribution >= 0.6 is 0 Å². The van der Waals surface area contributed by atoms with Gasteiger partial charge in [-0.05, 0) is 18.4 Å². The van der Waals surface area contributed by atoms with E-state index in [1.165, 1.54) is 0 Å². The lowest BCUT2D eigenvalue weighted by atomic mass is 9.96. The number of nitrogens with one attached hydrogen (secondary N) is 1. The summed E-state index contributed by atoms with van der Waals surface area (Å²) in [6, 6.07) is 9.64. The normalized spacial score (nSPS) is 25.7. The van der Waals surface area contributed by atoms with E-state index >= 15 is 0 Å². The minimum atomic E-state index is -0.701. The molecule has 1 atom stereocenters. The van der Waals surface area contributed by atoms with E-state index < -0.39 is 11.8 Å². The number of amides is 2. The molecule has 2 fully saturated rings. The standard InChI is InChI=1S/C14H18N2O2/c17-12-14(8-4-5-9-14)15-13(18)16(12)10-11-6-2-1-3-7-11/h1-3,6-7,12,17H,4-5,8-10H2,(H,15,18). The zero-order chi connectivity index (χ0) is 12.6. The van der Waals surface area contributed by atoms with Crippen molar-refractivity contribution in [1.82, 2.24) is 10.2 Å². The van der Waals surface area contributed by atoms with Crippen molar-refractivity contribution in [3.63, 3.8) is 0 Å². The number of hydrogen-bond donors (Lipinski definition) is 2. The van der Waals surface area contributed by atoms with Gasteiger partial charge in [0.25, 0.3) is 0 Å². The number of aliphatic hydroxyl groups is 1. The molecule has 1 spiro atoms. The average Bonchev–Trinajstić information content (AvgIpc) is 2.93. The Morgan fingerprint density at radius 1 is 1.28 bits per heavy atom. The average molecular weight is 246 g/mol. The molecule has 1 saturated carbocycles. The first-order chi connectivity index (χ1) is 8.71. The van der Waals surface area contributed by atoms with Crippen molar-refractivity contribution in [2.45, 2.75) is 44.0 Å². The third kappa shape index (κ3) is 1.77. The zero-order valence-corrected chi connectivity index (χ0v) is 10.3. The molecule has 1 aromatic carbocycles. The second-order valence-electron chi connectivity index (χ2n) is 5.28. The van der Waals surface area contributed by atoms with Crippen LogP contribution in [-0.2, 0) is 6.54 Å². The van der Waals surface area contributed by atoms with E-state index in [0.717, 1.165) is 31.2 Å². The highest BCUT2D eigenvalue weighted by atomic mass is 16.3. The summed E-state index contributed by atoms with van der Waals surface area (Å²) in [5, 5.41) is 13.4. The molecular weight excluding hydrogens is 228 g/mol. The topological polar surface area (TPSA) is 52.6 Å². The molecule has 18 heavy (non-hydrogen) atoms. The first-order valence-corrected chi connectivity index (χ1v) is 6.52. The van der Waals surface area contributed by atoms with Crippen LogP contribution in [-0.4, -0.2) is 27.8 Å². The lowest BCUT2D eigenvalue weighted by Gasteiger charge is -2.29. The van der Waals surface area contributed by atoms with E-state index in [9.17, 15) is 9.90 Å². The molecular formula is C14H18N2O2. The van der Waals surface area contributed by atoms with Gasteiger partial charge in [0.1, 0.15) is 0 Å². The maximum absolute atomic E-state index is 12.0. The van der Waals surface area contributed by atoms with Gasteiger partial charge in [-0.1, -0.05) is 43.2 Å². The predicted octanol–water partition coefficient (Wildman–Crippen LogP) is 1.84. The van der Waals surface area contributed by atoms with E-state index in [1.807, 2.05) is 30.3 Å². The molecule has 2 N–H and O–H groups in total. The molecule has 1 saturated heterocycles. The zero-order valence-electron chi connectivity index (χ0n) is 10.3. The molecule has 2 aliphatic rings. The molecule has 1 unspecified atom stereocenters. The molecule has 4 heteroatoms. The Balaban J connectivity index is 1.79. The number of nitrogens with zero attached hydrogens (tertiary/aromatic N) is 1. The van der Waals surface area contributed by atoms with Crippen molar-refractivity contribution >= 4 is 6.03 Å². The fraction of sp³-hybridized carbons (Fsp3) is 0.500. The van der Waals surface area contributed by atoms with Crippen molar-refractivity contribution in [3.8, 4) is 0 Å². The summed E-state index contributed by atoms with van der Waals surface area (Å²) in [6.45, 7) is 0.468. The van der Waals surface area contributed by atoms with E-state index in [1.54, 1.807) is 4.90 Å². The highest BCUT2D eigenvalue weighted by molar-refractivity contribution is 5.78. The number of benzene rings is 1. The van der Waals surface area contributed by atoms with Crippen LogP contribution in [0.3, 0.4) is 0 Å². The van der Waals surface area contributed by atoms with Crippen LogP contribution < -0.4 is 5.32 Å². The lowest BCUT2D eigenvalue weighted by molar-refractivity contribution is 0.000166. The summed E-state index contributed by atoms with van der Waals surface area (Å²) in [6.07, 6.45) is 3.22. The second kappa shape index (κ2) is 4.28. The van der Waals surface area contributed by atoms with Gasteiger partial charge in [0.2, 0.25) is 0 Å². The molecule has 3 rings (SSSR count). The van der Waals surface area contributed by atoms with Crippen LogP contribution in [0.25, 0.3) is 0 Å². The fourth-order valence-corrected chi connectivity index (χ4v) is 3.09. The summed E-state index contributed by atoms with van der Waals surface area (Å²) in [5.41, 5.74) is 0.646. The van der Waals surface area contributed by atoms with Gasteiger partial charge < -0.3 is 10.4 Å². The van der Waals surface area contributed by atoms with Crippen LogP contribution in [0.4, 0.5) is 4.79 Å². The second-order valence-corrected chi connectivity index (χ2v) is 5.28. The van der Waals surface area contributed by atoms with Gasteiger partial charge in [0.15, 0.2) is 6.23 Å². The first kappa shape index (κ1) is 11.5. The summed E-state index contributed by atoms with van der Waals surface area (Å²) in [5.74, 6) is 0. The largest absolute Gasteiger partial charge is 0.371 e. The molecule has 0 bridgehead atoms. The molecule has 0 radical (unpaired) electrons. The monoisotopic (exact) mass is 246 g/mol. The fourth-order valence-electron chi connectivity index (χ4n) is 3.09. The van der Waals surface area contributed by atoms with Gasteiger partial charge in [-0.2, -0.15) is 0 Å². The van der Waals surface area contributed by atoms with E-state index in [4.69, 9.17) is 0 Å². The number of urea groups is 1. The first-order valence-electron chi connectivity index (χ1n) is 6.52. The van der Waals surface area contributed by atoms with Gasteiger partial charge in [-0.25, -0.2) is 4.79 Å². The summed E-state index contributed by atoms with van der Waals surface area (Å²) < 4.78 is 0. The van der Waals surface area contributed by atoms with E-state index in [-0.39, 0.29) is 6.03 Å². The highest BCUT2D eigenvalue weighted by Crippen LogP contribution is 2.38. The third-order valence-electron chi connectivity index (χ3n) is 4.10. The number of carbonyl (C=O) groups excluding carboxylic acids is 1. The minimum absolute atomic E-state index is 0.145. The molecule has 0 aromatic heterocycles. The molecule has 96 valence electrons. The summed E-state index contributed by atoms with van der Waals surface area (Å²) in [4.78, 5) is 13.5. The maximum Gasteiger partial charge on any atom is 0.320 e. The maximum atomic E-state index is 12.0. The predicted molar refractivity (Wildman–Crippen MR) is 67.7 cm³/mol. The van der Waals surface area contributed by atoms with Gasteiger partial charge in [-0.3, -0.25) is 4.90 Å². The van der Waals surface area contributed by atoms with Crippen molar-refractivity contribution in [2.24, 2.45) is 0 Å². The molecule has 2 amide bonds. The van der Waals surface area contributed by atoms with E-state index in [0.29, 0.717) is 6.54 Å². The van der Waals surface area contributed by atoms with Crippen molar-refractivity contribution < 1.29 is 9.90 Å². The molecule has 1 aliphatic carbocycles. The Morgan fingerprint density at radius 3 is 2.61 bits per heavy atom. The van der Waals surface area contributed by atoms with Crippen LogP contribution in [0.15, 0.2) is 30.3 Å². The Morgan fingerprint density at radius 2 is 1.94 bits per heavy atom. The molecule has 1 heterocycles. The van der Waals surface area contributed by atoms with Crippen LogP contribution in [0, 0.1) is 0 Å². The molecule has 4 nitrogen and oxygen atoms in total. The van der Waals surface area contributed by atoms with E-state index in [2.05, 4.69) is 5.32 Å². The van der Waals surface area contributed by atoms with Gasteiger partial charge >= 0.3 is 6.03 Å². The van der Waals surface area contributed by atoms with Gasteiger partial charge in [-0.15, -0.1) is 0 Å². The number of hydrogen-bond acceptors (Lipinski definition) is 2. The number of aliphatic hydroxyl groups excluding tert-OH is 1. The highest BCUT2D eigenvalue weighted by Gasteiger charge is 2.51. The van der Waals surface area contributed by atoms with Crippen molar-refractivity contribution in [1.29, 1.82) is 0 Å². The number of carbonyl (C=O) groups is 1. The van der Waals surface area contributed by atoms with Crippen LogP contribution in [0.2, 0.25) is 0 Å². The van der Waals surface area contributed by atoms with Crippen molar-refractivity contribution in [3.05, 3.63) is 35.9 Å². The van der Waals surface area contributed by atoms with Gasteiger partial charge in [0.05, 0.1) is 12.1 Å². The summed E-state index contributed by atoms with van der Waals surface area (Å²) in [7, 11) is 0. The quantitative estimate of drug-likeness (QED) is 0.836. The molecule has 1 aromatic rings. The SMILES string of the molecule is O=C1NC2(CCCC2)C(O)N1Cc1ccccc1. The minimum Gasteiger partial charge on any atom is -0.371 e. The summed E-state index contributed by atoms with van der Waals surface area (Å²) >= 11 is 0. The smallest absolute Gasteiger partial charge is 0.320 e. The van der Waals surface area contributed by atoms with Crippen LogP contribution in [0.5, 0.6) is 0 Å². The Labute approximate surface area is 107 Å². The van der Waals surface area contributed by atoms with Crippen molar-refractivity contribution in [2.75, 3.05) is 0 Å². The Bertz CT molecular complexity index is 440. The molecule has 1 aliphatic heterocycles. The van der Waals surface area contributed by atoms with Crippen LogP contribution in [0.1, 0.15) is 31.2 Å². The Kier molecular flexibility index (Phi) is 2.74. The lowest BCUT2D eigenvalue weighted by Crippen LogP contribution is -2.47. The number of rotatable bonds is 2. The Hall–Kier alpha value is -1.55. The van der Waals surface area contributed by atoms with Gasteiger partial charge in [0, 0.05) is 0 Å². The third-order valence-corrected chi connectivity index (χ3v) is 4.10.